The fourth-order valence-corrected chi connectivity index (χ4v) is 6.80. The van der Waals surface area contributed by atoms with E-state index < -0.39 is 10.0 Å². The van der Waals surface area contributed by atoms with Gasteiger partial charge in [0.2, 0.25) is 10.0 Å². The number of nitrogens with zero attached hydrogens (tertiary/aromatic N) is 5. The second-order valence-electron chi connectivity index (χ2n) is 9.49. The van der Waals surface area contributed by atoms with Gasteiger partial charge in [-0.15, -0.1) is 0 Å². The number of thiazole rings is 1. The fraction of sp³-hybridized carbons (Fsp3) is 0.375. The minimum Gasteiger partial charge on any atom is -0.457 e. The van der Waals surface area contributed by atoms with Crippen molar-refractivity contribution in [3.8, 4) is 22.8 Å². The molecule has 1 unspecified atom stereocenters. The molecule has 4 aromatic rings. The molecule has 1 aliphatic heterocycles. The maximum absolute atomic E-state index is 12.0. The quantitative estimate of drug-likeness (QED) is 0.416. The molecule has 4 heterocycles. The Morgan fingerprint density at radius 2 is 2.09 bits per heavy atom. The van der Waals surface area contributed by atoms with Gasteiger partial charge in [0.1, 0.15) is 11.5 Å². The van der Waals surface area contributed by atoms with Gasteiger partial charge in [0, 0.05) is 61.7 Å². The van der Waals surface area contributed by atoms with E-state index in [0.717, 1.165) is 51.6 Å². The highest BCUT2D eigenvalue weighted by Gasteiger charge is 2.57. The summed E-state index contributed by atoms with van der Waals surface area (Å²) in [6.45, 7) is 1.22. The van der Waals surface area contributed by atoms with Crippen molar-refractivity contribution in [2.24, 2.45) is 12.5 Å². The number of piperidine rings is 1. The van der Waals surface area contributed by atoms with Crippen molar-refractivity contribution >= 4 is 36.7 Å². The summed E-state index contributed by atoms with van der Waals surface area (Å²) in [6.07, 6.45) is 9.66. The number of sulfonamides is 1. The first-order chi connectivity index (χ1) is 16.8. The first kappa shape index (κ1) is 22.4. The van der Waals surface area contributed by atoms with E-state index in [9.17, 15) is 8.42 Å². The van der Waals surface area contributed by atoms with E-state index in [2.05, 4.69) is 15.4 Å². The number of fused-ring (bicyclic) bond motifs is 1. The smallest absolute Gasteiger partial charge is 0.211 e. The molecular formula is C24H26N6O3S2. The summed E-state index contributed by atoms with van der Waals surface area (Å²) < 4.78 is 34.5. The molecule has 1 N–H and O–H groups in total. The van der Waals surface area contributed by atoms with Crippen molar-refractivity contribution in [2.45, 2.75) is 25.3 Å². The molecule has 0 radical (unpaired) electrons. The molecule has 1 saturated carbocycles. The van der Waals surface area contributed by atoms with E-state index in [0.29, 0.717) is 18.8 Å². The number of ether oxygens (including phenoxy) is 1. The molecule has 35 heavy (non-hydrogen) atoms. The third kappa shape index (κ3) is 4.51. The van der Waals surface area contributed by atoms with Crippen molar-refractivity contribution < 1.29 is 13.2 Å². The summed E-state index contributed by atoms with van der Waals surface area (Å²) in [5.74, 6) is 1.43. The van der Waals surface area contributed by atoms with Crippen LogP contribution in [0.5, 0.6) is 11.5 Å². The Morgan fingerprint density at radius 3 is 2.89 bits per heavy atom. The standard InChI is InChI=1S/C24H26N6O3S2/c1-29-14-16(13-26-29)20-10-18(6-8-25-20)33-17-4-5-19-21(11-17)34-23(27-19)28-22-12-24(22)7-3-9-30(15-24)35(2,31)32/h4-6,8,10-11,13-14,22H,3,7,9,12,15H2,1-2H3,(H,27,28)/t22-,24?/m0/s1. The molecule has 2 aliphatic rings. The highest BCUT2D eigenvalue weighted by molar-refractivity contribution is 7.88. The number of nitrogens with one attached hydrogen (secondary N) is 1. The zero-order chi connectivity index (χ0) is 24.2. The van der Waals surface area contributed by atoms with Gasteiger partial charge in [-0.1, -0.05) is 11.3 Å². The van der Waals surface area contributed by atoms with E-state index in [1.807, 2.05) is 43.6 Å². The second kappa shape index (κ2) is 8.28. The van der Waals surface area contributed by atoms with Crippen LogP contribution in [0.1, 0.15) is 19.3 Å². The van der Waals surface area contributed by atoms with Crippen molar-refractivity contribution in [3.05, 3.63) is 48.9 Å². The molecule has 11 heteroatoms. The molecule has 3 aromatic heterocycles. The Bertz CT molecular complexity index is 1510. The molecule has 182 valence electrons. The number of hydrogen-bond acceptors (Lipinski definition) is 8. The van der Waals surface area contributed by atoms with Crippen molar-refractivity contribution in [1.82, 2.24) is 24.1 Å². The zero-order valence-electron chi connectivity index (χ0n) is 19.5. The molecule has 0 amide bonds. The summed E-state index contributed by atoms with van der Waals surface area (Å²) in [4.78, 5) is 9.16. The first-order valence-corrected chi connectivity index (χ1v) is 14.2. The molecule has 2 fully saturated rings. The third-order valence-electron chi connectivity index (χ3n) is 6.86. The number of pyridine rings is 1. The van der Waals surface area contributed by atoms with Gasteiger partial charge in [0.05, 0.1) is 28.4 Å². The van der Waals surface area contributed by atoms with Crippen LogP contribution in [0.15, 0.2) is 48.9 Å². The Labute approximate surface area is 207 Å². The van der Waals surface area contributed by atoms with Crippen LogP contribution in [0, 0.1) is 5.41 Å². The monoisotopic (exact) mass is 510 g/mol. The summed E-state index contributed by atoms with van der Waals surface area (Å²) >= 11 is 1.59. The molecule has 1 aromatic carbocycles. The highest BCUT2D eigenvalue weighted by atomic mass is 32.2. The normalized spacial score (nSPS) is 22.5. The predicted molar refractivity (Wildman–Crippen MR) is 136 cm³/mol. The third-order valence-corrected chi connectivity index (χ3v) is 9.06. The molecule has 1 saturated heterocycles. The SMILES string of the molecule is Cn1cc(-c2cc(Oc3ccc4nc(N[C@H]5CC56CCCN(S(C)(=O)=O)C6)sc4c3)ccn2)cn1. The van der Waals surface area contributed by atoms with Crippen molar-refractivity contribution in [2.75, 3.05) is 24.7 Å². The van der Waals surface area contributed by atoms with Crippen LogP contribution < -0.4 is 10.1 Å². The predicted octanol–water partition coefficient (Wildman–Crippen LogP) is 4.11. The van der Waals surface area contributed by atoms with E-state index >= 15 is 0 Å². The van der Waals surface area contributed by atoms with E-state index in [1.54, 1.807) is 32.7 Å². The van der Waals surface area contributed by atoms with Gasteiger partial charge in [0.15, 0.2) is 5.13 Å². The van der Waals surface area contributed by atoms with Gasteiger partial charge in [-0.25, -0.2) is 17.7 Å². The van der Waals surface area contributed by atoms with Gasteiger partial charge in [-0.3, -0.25) is 9.67 Å². The van der Waals surface area contributed by atoms with Crippen LogP contribution in [-0.2, 0) is 17.1 Å². The maximum atomic E-state index is 12.0. The van der Waals surface area contributed by atoms with E-state index in [4.69, 9.17) is 9.72 Å². The average Bonchev–Trinajstić information content (AvgIpc) is 3.13. The first-order valence-electron chi connectivity index (χ1n) is 11.5. The number of aryl methyl sites for hydroxylation is 1. The maximum Gasteiger partial charge on any atom is 0.211 e. The highest BCUT2D eigenvalue weighted by Crippen LogP contribution is 2.54. The number of aromatic nitrogens is 4. The van der Waals surface area contributed by atoms with Gasteiger partial charge in [-0.05, 0) is 37.5 Å². The van der Waals surface area contributed by atoms with Crippen molar-refractivity contribution in [1.29, 1.82) is 0 Å². The largest absolute Gasteiger partial charge is 0.457 e. The van der Waals surface area contributed by atoms with Crippen molar-refractivity contribution in [3.63, 3.8) is 0 Å². The summed E-state index contributed by atoms with van der Waals surface area (Å²) in [5, 5.41) is 8.63. The number of rotatable bonds is 6. The molecule has 9 nitrogen and oxygen atoms in total. The van der Waals surface area contributed by atoms with Gasteiger partial charge in [-0.2, -0.15) is 5.10 Å². The Balaban J connectivity index is 1.16. The lowest BCUT2D eigenvalue weighted by Crippen LogP contribution is -2.42. The Hall–Kier alpha value is -3.02. The van der Waals surface area contributed by atoms with E-state index in [-0.39, 0.29) is 11.5 Å². The summed E-state index contributed by atoms with van der Waals surface area (Å²) in [6, 6.07) is 9.87. The lowest BCUT2D eigenvalue weighted by molar-refractivity contribution is 0.247. The van der Waals surface area contributed by atoms with Gasteiger partial charge in [0.25, 0.3) is 0 Å². The molecule has 1 aliphatic carbocycles. The minimum atomic E-state index is -3.15. The second-order valence-corrected chi connectivity index (χ2v) is 12.5. The molecule has 1 spiro atoms. The number of anilines is 1. The van der Waals surface area contributed by atoms with Gasteiger partial charge < -0.3 is 10.1 Å². The lowest BCUT2D eigenvalue weighted by Gasteiger charge is -2.31. The van der Waals surface area contributed by atoms with Gasteiger partial charge >= 0.3 is 0 Å². The fourth-order valence-electron chi connectivity index (χ4n) is 4.90. The van der Waals surface area contributed by atoms with E-state index in [1.165, 1.54) is 6.26 Å². The topological polar surface area (TPSA) is 102 Å². The summed E-state index contributed by atoms with van der Waals surface area (Å²) in [5.41, 5.74) is 2.67. The van der Waals surface area contributed by atoms with Crippen LogP contribution in [0.2, 0.25) is 0 Å². The zero-order valence-corrected chi connectivity index (χ0v) is 21.1. The van der Waals surface area contributed by atoms with Crippen LogP contribution >= 0.6 is 11.3 Å². The van der Waals surface area contributed by atoms with Crippen LogP contribution in [0.3, 0.4) is 0 Å². The molecule has 6 rings (SSSR count). The van der Waals surface area contributed by atoms with Crippen LogP contribution in [-0.4, -0.2) is 57.9 Å². The molecular weight excluding hydrogens is 484 g/mol. The average molecular weight is 511 g/mol. The molecule has 2 atom stereocenters. The lowest BCUT2D eigenvalue weighted by atomic mass is 9.95. The Kier molecular flexibility index (Phi) is 5.31. The minimum absolute atomic E-state index is 0.0286. The van der Waals surface area contributed by atoms with Crippen LogP contribution in [0.25, 0.3) is 21.5 Å². The number of benzene rings is 1. The Morgan fingerprint density at radius 1 is 1.23 bits per heavy atom. The number of hydrogen-bond donors (Lipinski definition) is 1. The summed E-state index contributed by atoms with van der Waals surface area (Å²) in [7, 11) is -1.28. The van der Waals surface area contributed by atoms with Crippen LogP contribution in [0.4, 0.5) is 5.13 Å². The molecule has 0 bridgehead atoms.